The molecule has 0 saturated heterocycles. The van der Waals surface area contributed by atoms with Crippen LogP contribution in [0.5, 0.6) is 5.75 Å². The summed E-state index contributed by atoms with van der Waals surface area (Å²) in [5.41, 5.74) is 8.12. The first-order chi connectivity index (χ1) is 12.5. The number of unbranched alkanes of at least 4 members (excludes halogenated alkanes) is 1. The van der Waals surface area contributed by atoms with Gasteiger partial charge in [-0.3, -0.25) is 4.79 Å². The van der Waals surface area contributed by atoms with E-state index in [9.17, 15) is 10.1 Å². The van der Waals surface area contributed by atoms with Gasteiger partial charge >= 0.3 is 0 Å². The lowest BCUT2D eigenvalue weighted by Gasteiger charge is -2.17. The molecular formula is C20H24N4O2. The lowest BCUT2D eigenvalue weighted by Crippen LogP contribution is -2.27. The minimum Gasteiger partial charge on any atom is -0.490 e. The number of para-hydroxylation sites is 1. The van der Waals surface area contributed by atoms with Crippen molar-refractivity contribution < 1.29 is 9.53 Å². The van der Waals surface area contributed by atoms with Crippen molar-refractivity contribution in [2.24, 2.45) is 5.73 Å². The molecule has 136 valence electrons. The van der Waals surface area contributed by atoms with Gasteiger partial charge in [0.05, 0.1) is 5.56 Å². The van der Waals surface area contributed by atoms with E-state index in [-0.39, 0.29) is 11.9 Å². The molecule has 2 aromatic rings. The third-order valence-electron chi connectivity index (χ3n) is 3.88. The van der Waals surface area contributed by atoms with Gasteiger partial charge in [-0.15, -0.1) is 0 Å². The first kappa shape index (κ1) is 19.4. The highest BCUT2D eigenvalue weighted by Crippen LogP contribution is 2.34. The van der Waals surface area contributed by atoms with Gasteiger partial charge in [-0.1, -0.05) is 31.9 Å². The van der Waals surface area contributed by atoms with Gasteiger partial charge in [0.25, 0.3) is 0 Å². The highest BCUT2D eigenvalue weighted by molar-refractivity contribution is 5.88. The van der Waals surface area contributed by atoms with Crippen molar-refractivity contribution in [3.8, 4) is 22.9 Å². The van der Waals surface area contributed by atoms with Crippen LogP contribution in [0.3, 0.4) is 0 Å². The summed E-state index contributed by atoms with van der Waals surface area (Å²) in [4.78, 5) is 15.4. The average Bonchev–Trinajstić information content (AvgIpc) is 2.64. The minimum absolute atomic E-state index is 0.0815. The molecule has 0 aliphatic rings. The summed E-state index contributed by atoms with van der Waals surface area (Å²) in [5.74, 6) is 0.753. The van der Waals surface area contributed by atoms with Crippen LogP contribution >= 0.6 is 0 Å². The zero-order valence-electron chi connectivity index (χ0n) is 15.2. The van der Waals surface area contributed by atoms with Crippen molar-refractivity contribution in [3.63, 3.8) is 0 Å². The van der Waals surface area contributed by atoms with Crippen LogP contribution in [0.4, 0.5) is 5.82 Å². The molecule has 6 heteroatoms. The molecule has 1 aromatic carbocycles. The van der Waals surface area contributed by atoms with Crippen LogP contribution in [0.1, 0.15) is 38.7 Å². The van der Waals surface area contributed by atoms with Crippen molar-refractivity contribution in [3.05, 3.63) is 42.1 Å². The Hall–Kier alpha value is -2.91. The molecule has 0 bridgehead atoms. The molecule has 26 heavy (non-hydrogen) atoms. The Balaban J connectivity index is 2.31. The number of nitrogens with two attached hydrogens (primary N) is 1. The van der Waals surface area contributed by atoms with Crippen LogP contribution < -0.4 is 15.8 Å². The molecule has 0 aliphatic carbocycles. The maximum atomic E-state index is 11.3. The maximum absolute atomic E-state index is 11.3. The largest absolute Gasteiger partial charge is 0.490 e. The maximum Gasteiger partial charge on any atom is 0.222 e. The molecule has 1 unspecified atom stereocenters. The zero-order valence-corrected chi connectivity index (χ0v) is 15.2. The van der Waals surface area contributed by atoms with Gasteiger partial charge in [0, 0.05) is 24.7 Å². The Morgan fingerprint density at radius 3 is 2.92 bits per heavy atom. The van der Waals surface area contributed by atoms with Gasteiger partial charge in [0.2, 0.25) is 5.91 Å². The Kier molecular flexibility index (Phi) is 7.12. The molecule has 3 N–H and O–H groups in total. The van der Waals surface area contributed by atoms with E-state index in [1.54, 1.807) is 24.4 Å². The normalized spacial score (nSPS) is 11.5. The Labute approximate surface area is 154 Å². The number of carbonyl (C=O) groups is 1. The van der Waals surface area contributed by atoms with Crippen LogP contribution in [0, 0.1) is 11.3 Å². The molecule has 1 aromatic heterocycles. The number of anilines is 1. The number of ether oxygens (including phenoxy) is 1. The summed E-state index contributed by atoms with van der Waals surface area (Å²) in [7, 11) is 0. The number of pyridine rings is 1. The lowest BCUT2D eigenvalue weighted by atomic mass is 10.0. The van der Waals surface area contributed by atoms with Crippen LogP contribution in [0.2, 0.25) is 0 Å². The highest BCUT2D eigenvalue weighted by Gasteiger charge is 2.14. The van der Waals surface area contributed by atoms with E-state index in [2.05, 4.69) is 23.3 Å². The number of carbonyl (C=O) groups excluding carboxylic acids is 1. The number of nitriles is 1. The number of nitrogens with one attached hydrogen (secondary N) is 1. The summed E-state index contributed by atoms with van der Waals surface area (Å²) in [5, 5.41) is 12.1. The summed E-state index contributed by atoms with van der Waals surface area (Å²) in [6.07, 6.45) is 4.61. The van der Waals surface area contributed by atoms with E-state index in [4.69, 9.17) is 10.5 Å². The van der Waals surface area contributed by atoms with Gasteiger partial charge in [0.1, 0.15) is 24.2 Å². The van der Waals surface area contributed by atoms with Crippen molar-refractivity contribution in [1.29, 1.82) is 5.26 Å². The standard InChI is InChI=1S/C20H24N4O2/c1-3-4-7-17(22)13-26-20-16(12-21)6-5-8-18(20)15-9-10-23-19(11-15)24-14(2)25/h5-6,8-11,17H,3-4,7,13,22H2,1-2H3,(H,23,24,25). The Morgan fingerprint density at radius 2 is 2.23 bits per heavy atom. The number of nitrogens with zero attached hydrogens (tertiary/aromatic N) is 2. The van der Waals surface area contributed by atoms with Crippen molar-refractivity contribution in [2.45, 2.75) is 39.2 Å². The number of benzene rings is 1. The number of hydrogen-bond donors (Lipinski definition) is 2. The van der Waals surface area contributed by atoms with Gasteiger partial charge in [-0.05, 0) is 30.2 Å². The second-order valence-corrected chi connectivity index (χ2v) is 6.12. The van der Waals surface area contributed by atoms with E-state index >= 15 is 0 Å². The first-order valence-corrected chi connectivity index (χ1v) is 8.70. The van der Waals surface area contributed by atoms with Gasteiger partial charge in [-0.2, -0.15) is 5.26 Å². The third-order valence-corrected chi connectivity index (χ3v) is 3.88. The van der Waals surface area contributed by atoms with Crippen molar-refractivity contribution >= 4 is 11.7 Å². The van der Waals surface area contributed by atoms with Crippen molar-refractivity contribution in [1.82, 2.24) is 4.98 Å². The first-order valence-electron chi connectivity index (χ1n) is 8.70. The van der Waals surface area contributed by atoms with Crippen LogP contribution in [-0.2, 0) is 4.79 Å². The fraction of sp³-hybridized carbons (Fsp3) is 0.350. The molecule has 6 nitrogen and oxygen atoms in total. The Morgan fingerprint density at radius 1 is 1.42 bits per heavy atom. The molecular weight excluding hydrogens is 328 g/mol. The number of amides is 1. The van der Waals surface area contributed by atoms with Crippen LogP contribution in [0.15, 0.2) is 36.5 Å². The monoisotopic (exact) mass is 352 g/mol. The topological polar surface area (TPSA) is 101 Å². The summed E-state index contributed by atoms with van der Waals surface area (Å²) >= 11 is 0. The van der Waals surface area contributed by atoms with E-state index in [1.807, 2.05) is 12.1 Å². The third kappa shape index (κ3) is 5.30. The molecule has 2 rings (SSSR count). The second-order valence-electron chi connectivity index (χ2n) is 6.12. The zero-order chi connectivity index (χ0) is 18.9. The van der Waals surface area contributed by atoms with Crippen LogP contribution in [0.25, 0.3) is 11.1 Å². The number of rotatable bonds is 8. The van der Waals surface area contributed by atoms with E-state index in [0.717, 1.165) is 30.4 Å². The van der Waals surface area contributed by atoms with E-state index in [0.29, 0.717) is 23.7 Å². The molecule has 1 atom stereocenters. The molecule has 1 amide bonds. The summed E-state index contributed by atoms with van der Waals surface area (Å²) in [6.45, 7) is 3.89. The molecule has 0 saturated carbocycles. The number of hydrogen-bond acceptors (Lipinski definition) is 5. The van der Waals surface area contributed by atoms with E-state index in [1.165, 1.54) is 6.92 Å². The molecule has 0 aliphatic heterocycles. The molecule has 0 radical (unpaired) electrons. The average molecular weight is 352 g/mol. The predicted molar refractivity (Wildman–Crippen MR) is 102 cm³/mol. The van der Waals surface area contributed by atoms with Crippen molar-refractivity contribution in [2.75, 3.05) is 11.9 Å². The summed E-state index contributed by atoms with van der Waals surface area (Å²) < 4.78 is 5.94. The predicted octanol–water partition coefficient (Wildman–Crippen LogP) is 3.47. The smallest absolute Gasteiger partial charge is 0.222 e. The summed E-state index contributed by atoms with van der Waals surface area (Å²) in [6, 6.07) is 11.0. The molecule has 0 spiro atoms. The SMILES string of the molecule is CCCCC(N)COc1c(C#N)cccc1-c1ccnc(NC(C)=O)c1. The van der Waals surface area contributed by atoms with Gasteiger partial charge in [-0.25, -0.2) is 4.98 Å². The molecule has 0 fully saturated rings. The quantitative estimate of drug-likeness (QED) is 0.757. The lowest BCUT2D eigenvalue weighted by molar-refractivity contribution is -0.114. The van der Waals surface area contributed by atoms with Gasteiger partial charge in [0.15, 0.2) is 0 Å². The van der Waals surface area contributed by atoms with Gasteiger partial charge < -0.3 is 15.8 Å². The highest BCUT2D eigenvalue weighted by atomic mass is 16.5. The second kappa shape index (κ2) is 9.54. The Bertz CT molecular complexity index is 799. The molecule has 1 heterocycles. The fourth-order valence-electron chi connectivity index (χ4n) is 2.59. The fourth-order valence-corrected chi connectivity index (χ4v) is 2.59. The number of aromatic nitrogens is 1. The van der Waals surface area contributed by atoms with E-state index < -0.39 is 0 Å². The minimum atomic E-state index is -0.196. The van der Waals surface area contributed by atoms with Crippen LogP contribution in [-0.4, -0.2) is 23.5 Å².